The Morgan fingerprint density at radius 3 is 2.41 bits per heavy atom. The number of hydrogen-bond donors (Lipinski definition) is 1. The molecule has 0 aliphatic carbocycles. The summed E-state index contributed by atoms with van der Waals surface area (Å²) in [6.07, 6.45) is 3.55. The molecule has 0 fully saturated rings. The summed E-state index contributed by atoms with van der Waals surface area (Å²) >= 11 is 0. The van der Waals surface area contributed by atoms with Gasteiger partial charge in [0.2, 0.25) is 0 Å². The number of nitrogen functional groups attached to an aromatic ring is 1. The second kappa shape index (κ2) is 4.20. The first-order valence-corrected chi connectivity index (χ1v) is 5.69. The van der Waals surface area contributed by atoms with Crippen molar-refractivity contribution in [3.8, 4) is 0 Å². The highest BCUT2D eigenvalue weighted by molar-refractivity contribution is 5.34. The summed E-state index contributed by atoms with van der Waals surface area (Å²) in [6.45, 7) is 7.08. The number of anilines is 1. The molecule has 0 aromatic carbocycles. The lowest BCUT2D eigenvalue weighted by molar-refractivity contribution is 0.546. The van der Waals surface area contributed by atoms with Gasteiger partial charge < -0.3 is 5.73 Å². The predicted molar refractivity (Wildman–Crippen MR) is 68.7 cm³/mol. The van der Waals surface area contributed by atoms with Crippen LogP contribution in [0.15, 0.2) is 30.6 Å². The van der Waals surface area contributed by atoms with Crippen LogP contribution in [0.1, 0.15) is 32.0 Å². The average Bonchev–Trinajstić information content (AvgIpc) is 2.62. The van der Waals surface area contributed by atoms with E-state index in [0.717, 1.165) is 11.3 Å². The van der Waals surface area contributed by atoms with Crippen molar-refractivity contribution in [3.63, 3.8) is 0 Å². The maximum absolute atomic E-state index is 5.97. The van der Waals surface area contributed by atoms with Crippen LogP contribution in [0.2, 0.25) is 0 Å². The highest BCUT2D eigenvalue weighted by Gasteiger charge is 2.18. The molecule has 0 unspecified atom stereocenters. The molecule has 90 valence electrons. The Kier molecular flexibility index (Phi) is 2.88. The fourth-order valence-electron chi connectivity index (χ4n) is 1.59. The summed E-state index contributed by atoms with van der Waals surface area (Å²) in [7, 11) is 0. The third kappa shape index (κ3) is 2.64. The zero-order chi connectivity index (χ0) is 12.5. The molecule has 0 atom stereocenters. The smallest absolute Gasteiger partial charge is 0.122 e. The quantitative estimate of drug-likeness (QED) is 0.860. The van der Waals surface area contributed by atoms with E-state index >= 15 is 0 Å². The van der Waals surface area contributed by atoms with Crippen molar-refractivity contribution in [1.29, 1.82) is 0 Å². The number of rotatable bonds is 2. The number of nitrogens with zero attached hydrogens (tertiary/aromatic N) is 3. The Morgan fingerprint density at radius 1 is 1.24 bits per heavy atom. The van der Waals surface area contributed by atoms with Crippen LogP contribution in [0.4, 0.5) is 5.82 Å². The lowest BCUT2D eigenvalue weighted by atomic mass is 9.92. The molecule has 2 heterocycles. The molecule has 17 heavy (non-hydrogen) atoms. The molecular formula is C13H18N4. The molecule has 0 radical (unpaired) electrons. The van der Waals surface area contributed by atoms with Crippen LogP contribution in [0.5, 0.6) is 0 Å². The third-order valence-electron chi connectivity index (χ3n) is 2.66. The molecule has 4 nitrogen and oxygen atoms in total. The van der Waals surface area contributed by atoms with Gasteiger partial charge in [-0.3, -0.25) is 4.98 Å². The van der Waals surface area contributed by atoms with Crippen LogP contribution < -0.4 is 5.73 Å². The summed E-state index contributed by atoms with van der Waals surface area (Å²) in [6, 6.07) is 5.89. The fourth-order valence-corrected chi connectivity index (χ4v) is 1.59. The molecule has 0 spiro atoms. The largest absolute Gasteiger partial charge is 0.384 e. The van der Waals surface area contributed by atoms with E-state index in [1.54, 1.807) is 12.4 Å². The van der Waals surface area contributed by atoms with Crippen LogP contribution in [-0.4, -0.2) is 14.8 Å². The first kappa shape index (κ1) is 11.6. The molecule has 4 heteroatoms. The van der Waals surface area contributed by atoms with Gasteiger partial charge in [-0.1, -0.05) is 20.8 Å². The van der Waals surface area contributed by atoms with Crippen molar-refractivity contribution < 1.29 is 0 Å². The fraction of sp³-hybridized carbons (Fsp3) is 0.385. The third-order valence-corrected chi connectivity index (χ3v) is 2.66. The second-order valence-corrected chi connectivity index (χ2v) is 5.22. The van der Waals surface area contributed by atoms with Crippen LogP contribution in [0.25, 0.3) is 0 Å². The lowest BCUT2D eigenvalue weighted by Gasteiger charge is -2.14. The summed E-state index contributed by atoms with van der Waals surface area (Å²) in [5.41, 5.74) is 8.16. The molecule has 2 aromatic heterocycles. The zero-order valence-corrected chi connectivity index (χ0v) is 10.5. The highest BCUT2D eigenvalue weighted by atomic mass is 15.3. The highest BCUT2D eigenvalue weighted by Crippen LogP contribution is 2.22. The molecule has 0 saturated heterocycles. The molecule has 0 amide bonds. The van der Waals surface area contributed by atoms with Gasteiger partial charge >= 0.3 is 0 Å². The van der Waals surface area contributed by atoms with Gasteiger partial charge in [0.1, 0.15) is 5.82 Å². The van der Waals surface area contributed by atoms with Gasteiger partial charge in [0.05, 0.1) is 12.2 Å². The molecular weight excluding hydrogens is 212 g/mol. The molecule has 0 aliphatic rings. The standard InChI is InChI=1S/C13H18N4/c1-13(2,3)11-8-12(14)17(16-11)9-10-4-6-15-7-5-10/h4-8H,9,14H2,1-3H3. The normalized spacial score (nSPS) is 11.7. The predicted octanol–water partition coefficient (Wildman–Crippen LogP) is 2.21. The van der Waals surface area contributed by atoms with E-state index in [9.17, 15) is 0 Å². The van der Waals surface area contributed by atoms with E-state index in [1.807, 2.05) is 22.9 Å². The number of nitrogens with two attached hydrogens (primary N) is 1. The van der Waals surface area contributed by atoms with E-state index in [0.29, 0.717) is 12.4 Å². The van der Waals surface area contributed by atoms with E-state index in [1.165, 1.54) is 0 Å². The maximum Gasteiger partial charge on any atom is 0.122 e. The maximum atomic E-state index is 5.97. The van der Waals surface area contributed by atoms with Crippen LogP contribution >= 0.6 is 0 Å². The van der Waals surface area contributed by atoms with E-state index in [4.69, 9.17) is 5.73 Å². The Balaban J connectivity index is 2.26. The first-order valence-electron chi connectivity index (χ1n) is 5.69. The van der Waals surface area contributed by atoms with Gasteiger partial charge in [-0.25, -0.2) is 4.68 Å². The average molecular weight is 230 g/mol. The van der Waals surface area contributed by atoms with Crippen LogP contribution in [-0.2, 0) is 12.0 Å². The summed E-state index contributed by atoms with van der Waals surface area (Å²) in [5, 5.41) is 4.55. The van der Waals surface area contributed by atoms with Crippen molar-refractivity contribution in [2.24, 2.45) is 0 Å². The molecule has 2 rings (SSSR count). The lowest BCUT2D eigenvalue weighted by Crippen LogP contribution is -2.13. The van der Waals surface area contributed by atoms with Crippen molar-refractivity contribution in [2.45, 2.75) is 32.7 Å². The Bertz CT molecular complexity index is 494. The minimum atomic E-state index is 0.0254. The van der Waals surface area contributed by atoms with Gasteiger partial charge in [-0.2, -0.15) is 5.10 Å². The Labute approximate surface area is 101 Å². The van der Waals surface area contributed by atoms with Crippen LogP contribution in [0.3, 0.4) is 0 Å². The monoisotopic (exact) mass is 230 g/mol. The van der Waals surface area contributed by atoms with E-state index in [2.05, 4.69) is 30.9 Å². The van der Waals surface area contributed by atoms with Gasteiger partial charge in [0.15, 0.2) is 0 Å². The first-order chi connectivity index (χ1) is 7.97. The zero-order valence-electron chi connectivity index (χ0n) is 10.5. The molecule has 2 N–H and O–H groups in total. The number of hydrogen-bond acceptors (Lipinski definition) is 3. The molecule has 0 aliphatic heterocycles. The minimum absolute atomic E-state index is 0.0254. The van der Waals surface area contributed by atoms with Crippen molar-refractivity contribution in [1.82, 2.24) is 14.8 Å². The van der Waals surface area contributed by atoms with Crippen molar-refractivity contribution >= 4 is 5.82 Å². The molecule has 0 saturated carbocycles. The number of pyridine rings is 1. The number of aromatic nitrogens is 3. The van der Waals surface area contributed by atoms with Crippen molar-refractivity contribution in [3.05, 3.63) is 41.9 Å². The Hall–Kier alpha value is -1.84. The molecule has 0 bridgehead atoms. The minimum Gasteiger partial charge on any atom is -0.384 e. The SMILES string of the molecule is CC(C)(C)c1cc(N)n(Cc2ccncc2)n1. The summed E-state index contributed by atoms with van der Waals surface area (Å²) in [5.74, 6) is 0.701. The Morgan fingerprint density at radius 2 is 1.88 bits per heavy atom. The van der Waals surface area contributed by atoms with Crippen molar-refractivity contribution in [2.75, 3.05) is 5.73 Å². The van der Waals surface area contributed by atoms with Gasteiger partial charge in [0, 0.05) is 23.9 Å². The summed E-state index contributed by atoms with van der Waals surface area (Å²) < 4.78 is 1.83. The van der Waals surface area contributed by atoms with E-state index in [-0.39, 0.29) is 5.41 Å². The second-order valence-electron chi connectivity index (χ2n) is 5.22. The van der Waals surface area contributed by atoms with Gasteiger partial charge in [0.25, 0.3) is 0 Å². The van der Waals surface area contributed by atoms with E-state index < -0.39 is 0 Å². The van der Waals surface area contributed by atoms with Crippen LogP contribution in [0, 0.1) is 0 Å². The summed E-state index contributed by atoms with van der Waals surface area (Å²) in [4.78, 5) is 3.99. The molecule has 2 aromatic rings. The van der Waals surface area contributed by atoms with Gasteiger partial charge in [-0.05, 0) is 17.7 Å². The topological polar surface area (TPSA) is 56.7 Å². The van der Waals surface area contributed by atoms with Gasteiger partial charge in [-0.15, -0.1) is 0 Å².